The minimum absolute atomic E-state index is 0.0815. The SMILES string of the molecule is CC.CC(C)C(O[S+](C)[O-])c1ccccc1.CC1c2ccccc2CC1O[S+](C)O. The number of benzene rings is 2. The van der Waals surface area contributed by atoms with Crippen LogP contribution in [0.25, 0.3) is 0 Å². The maximum atomic E-state index is 11.0. The van der Waals surface area contributed by atoms with Crippen LogP contribution in [0.15, 0.2) is 54.6 Å². The molecule has 0 bridgehead atoms. The zero-order valence-electron chi connectivity index (χ0n) is 19.2. The molecule has 5 unspecified atom stereocenters. The second kappa shape index (κ2) is 14.1. The van der Waals surface area contributed by atoms with E-state index in [0.29, 0.717) is 11.8 Å². The molecule has 4 nitrogen and oxygen atoms in total. The van der Waals surface area contributed by atoms with Crippen molar-refractivity contribution in [3.63, 3.8) is 0 Å². The molecule has 30 heavy (non-hydrogen) atoms. The lowest BCUT2D eigenvalue weighted by atomic mass is 9.99. The Morgan fingerprint density at radius 3 is 2.07 bits per heavy atom. The fraction of sp³-hybridized carbons (Fsp3) is 0.500. The van der Waals surface area contributed by atoms with E-state index >= 15 is 0 Å². The molecule has 1 aliphatic carbocycles. The molecule has 0 saturated heterocycles. The van der Waals surface area contributed by atoms with Gasteiger partial charge in [-0.3, -0.25) is 0 Å². The van der Waals surface area contributed by atoms with Crippen molar-refractivity contribution in [2.75, 3.05) is 12.5 Å². The summed E-state index contributed by atoms with van der Waals surface area (Å²) >= 11 is -2.13. The summed E-state index contributed by atoms with van der Waals surface area (Å²) in [6.45, 7) is 10.3. The first-order valence-corrected chi connectivity index (χ1v) is 13.4. The molecule has 0 aromatic heterocycles. The molecule has 168 valence electrons. The van der Waals surface area contributed by atoms with Gasteiger partial charge in [-0.15, -0.1) is 4.18 Å². The summed E-state index contributed by atoms with van der Waals surface area (Å²) in [4.78, 5) is 0. The van der Waals surface area contributed by atoms with E-state index in [9.17, 15) is 9.11 Å². The topological polar surface area (TPSA) is 61.8 Å². The molecule has 1 N–H and O–H groups in total. The highest BCUT2D eigenvalue weighted by atomic mass is 32.2. The predicted molar refractivity (Wildman–Crippen MR) is 130 cm³/mol. The maximum Gasteiger partial charge on any atom is 0.309 e. The first-order valence-electron chi connectivity index (χ1n) is 10.4. The van der Waals surface area contributed by atoms with Crippen LogP contribution in [0.2, 0.25) is 0 Å². The van der Waals surface area contributed by atoms with Gasteiger partial charge in [0.2, 0.25) is 0 Å². The van der Waals surface area contributed by atoms with Gasteiger partial charge in [0, 0.05) is 12.3 Å². The summed E-state index contributed by atoms with van der Waals surface area (Å²) in [7, 11) is 0. The summed E-state index contributed by atoms with van der Waals surface area (Å²) in [5.41, 5.74) is 3.80. The van der Waals surface area contributed by atoms with E-state index < -0.39 is 22.9 Å². The van der Waals surface area contributed by atoms with Crippen LogP contribution < -0.4 is 0 Å². The molecule has 5 atom stereocenters. The van der Waals surface area contributed by atoms with Gasteiger partial charge in [0.05, 0.1) is 0 Å². The van der Waals surface area contributed by atoms with Crippen LogP contribution in [0.1, 0.15) is 63.3 Å². The lowest BCUT2D eigenvalue weighted by Crippen LogP contribution is -2.20. The molecule has 0 heterocycles. The van der Waals surface area contributed by atoms with Gasteiger partial charge in [-0.05, 0) is 22.6 Å². The van der Waals surface area contributed by atoms with Crippen LogP contribution in [0, 0.1) is 5.92 Å². The van der Waals surface area contributed by atoms with Gasteiger partial charge >= 0.3 is 11.5 Å². The van der Waals surface area contributed by atoms with Crippen molar-refractivity contribution in [1.29, 1.82) is 0 Å². The second-order valence-electron chi connectivity index (χ2n) is 7.32. The molecule has 0 amide bonds. The van der Waals surface area contributed by atoms with E-state index in [1.165, 1.54) is 11.1 Å². The first-order chi connectivity index (χ1) is 14.3. The van der Waals surface area contributed by atoms with Crippen LogP contribution in [0.5, 0.6) is 0 Å². The normalized spacial score (nSPS) is 20.2. The van der Waals surface area contributed by atoms with Gasteiger partial charge in [0.25, 0.3) is 0 Å². The predicted octanol–water partition coefficient (Wildman–Crippen LogP) is 6.09. The van der Waals surface area contributed by atoms with E-state index in [2.05, 4.69) is 45.0 Å². The minimum atomic E-state index is -1.22. The van der Waals surface area contributed by atoms with Crippen LogP contribution in [0.3, 0.4) is 0 Å². The summed E-state index contributed by atoms with van der Waals surface area (Å²) in [5.74, 6) is 0.717. The van der Waals surface area contributed by atoms with Gasteiger partial charge in [-0.1, -0.05) is 89.2 Å². The average molecular weight is 454 g/mol. The zero-order chi connectivity index (χ0) is 22.7. The lowest BCUT2D eigenvalue weighted by molar-refractivity contribution is 0.163. The third-order valence-corrected chi connectivity index (χ3v) is 5.76. The van der Waals surface area contributed by atoms with Gasteiger partial charge in [-0.2, -0.15) is 8.74 Å². The highest BCUT2D eigenvalue weighted by Crippen LogP contribution is 2.35. The number of rotatable bonds is 6. The Kier molecular flexibility index (Phi) is 12.7. The average Bonchev–Trinajstić information content (AvgIpc) is 3.03. The second-order valence-corrected chi connectivity index (χ2v) is 9.36. The Hall–Kier alpha value is -1.02. The van der Waals surface area contributed by atoms with Crippen molar-refractivity contribution in [3.05, 3.63) is 71.3 Å². The lowest BCUT2D eigenvalue weighted by Gasteiger charge is -2.19. The Bertz CT molecular complexity index is 707. The van der Waals surface area contributed by atoms with E-state index in [1.54, 1.807) is 12.5 Å². The third-order valence-electron chi connectivity index (χ3n) is 4.76. The molecule has 3 rings (SSSR count). The minimum Gasteiger partial charge on any atom is -0.586 e. The number of fused-ring (bicyclic) bond motifs is 1. The number of hydrogen-bond acceptors (Lipinski definition) is 4. The Morgan fingerprint density at radius 1 is 1.00 bits per heavy atom. The Morgan fingerprint density at radius 2 is 1.57 bits per heavy atom. The first kappa shape index (κ1) is 27.0. The fourth-order valence-corrected chi connectivity index (χ4v) is 4.61. The van der Waals surface area contributed by atoms with Crippen LogP contribution >= 0.6 is 0 Å². The van der Waals surface area contributed by atoms with Crippen molar-refractivity contribution < 1.29 is 17.5 Å². The van der Waals surface area contributed by atoms with Crippen molar-refractivity contribution in [2.45, 2.75) is 59.2 Å². The molecule has 0 aliphatic heterocycles. The molecular weight excluding hydrogens is 416 g/mol. The van der Waals surface area contributed by atoms with Crippen molar-refractivity contribution in [2.24, 2.45) is 5.92 Å². The van der Waals surface area contributed by atoms with E-state index in [0.717, 1.165) is 12.0 Å². The van der Waals surface area contributed by atoms with Crippen molar-refractivity contribution in [1.82, 2.24) is 0 Å². The van der Waals surface area contributed by atoms with Crippen LogP contribution in [0.4, 0.5) is 0 Å². The summed E-state index contributed by atoms with van der Waals surface area (Å²) in [6.07, 6.45) is 4.23. The van der Waals surface area contributed by atoms with Gasteiger partial charge < -0.3 is 4.55 Å². The van der Waals surface area contributed by atoms with Gasteiger partial charge in [-0.25, -0.2) is 0 Å². The fourth-order valence-electron chi connectivity index (χ4n) is 3.39. The zero-order valence-corrected chi connectivity index (χ0v) is 20.8. The largest absolute Gasteiger partial charge is 0.586 e. The molecule has 1 aliphatic rings. The summed E-state index contributed by atoms with van der Waals surface area (Å²) in [6, 6.07) is 18.3. The molecule has 0 fully saturated rings. The molecule has 6 heteroatoms. The molecule has 2 aromatic carbocycles. The van der Waals surface area contributed by atoms with Crippen LogP contribution in [-0.2, 0) is 37.7 Å². The molecular formula is C24H37O4S2+. The van der Waals surface area contributed by atoms with Crippen LogP contribution in [-0.4, -0.2) is 27.7 Å². The quantitative estimate of drug-likeness (QED) is 0.538. The van der Waals surface area contributed by atoms with Gasteiger partial charge in [0.15, 0.2) is 6.26 Å². The van der Waals surface area contributed by atoms with E-state index in [-0.39, 0.29) is 12.2 Å². The van der Waals surface area contributed by atoms with Gasteiger partial charge in [0.1, 0.15) is 29.9 Å². The highest BCUT2D eigenvalue weighted by Gasteiger charge is 2.34. The maximum absolute atomic E-state index is 11.0. The molecule has 0 spiro atoms. The third kappa shape index (κ3) is 8.61. The Balaban J connectivity index is 0.000000277. The Labute approximate surface area is 189 Å². The molecule has 0 saturated carbocycles. The van der Waals surface area contributed by atoms with Crippen molar-refractivity contribution in [3.8, 4) is 0 Å². The summed E-state index contributed by atoms with van der Waals surface area (Å²) < 4.78 is 31.1. The number of hydrogen-bond donors (Lipinski definition) is 1. The molecule has 2 aromatic rings. The monoisotopic (exact) mass is 453 g/mol. The summed E-state index contributed by atoms with van der Waals surface area (Å²) in [5, 5.41) is 0. The van der Waals surface area contributed by atoms with Crippen molar-refractivity contribution >= 4 is 22.9 Å². The smallest absolute Gasteiger partial charge is 0.309 e. The molecule has 0 radical (unpaired) electrons. The van der Waals surface area contributed by atoms with E-state index in [4.69, 9.17) is 8.37 Å². The standard InChI is InChI=1S/C11H15O2S.C11H16O2S.C2H6/c1-8-10-6-4-3-5-9(10)7-11(8)13-14(2)12;1-9(2)11(13-14(3)12)10-7-5-4-6-8-10;1-2/h3-6,8,11-12H,7H2,1-2H3;4-9,11H,1-3H3;1-2H3/q+1;;. The van der Waals surface area contributed by atoms with E-state index in [1.807, 2.05) is 44.2 Å². The highest BCUT2D eigenvalue weighted by molar-refractivity contribution is 7.86.